The molecule has 2 rings (SSSR count). The number of aryl methyl sites for hydroxylation is 1. The first-order valence-corrected chi connectivity index (χ1v) is 10.5. The standard InChI is InChI=1S/C25H35FO2/c1-7-8-9-10-18-13-21(15(2)3)23(16(4)5)24(17(6)27)25(18)20-12-11-19(26)14-22(20)28/h11-17,27-28H,7-10H2,1-6H3. The summed E-state index contributed by atoms with van der Waals surface area (Å²) in [5.41, 5.74) is 5.86. The second kappa shape index (κ2) is 9.56. The smallest absolute Gasteiger partial charge is 0.126 e. The predicted octanol–water partition coefficient (Wildman–Crippen LogP) is 7.23. The van der Waals surface area contributed by atoms with Gasteiger partial charge in [0.2, 0.25) is 0 Å². The van der Waals surface area contributed by atoms with Gasteiger partial charge in [-0.25, -0.2) is 4.39 Å². The maximum atomic E-state index is 13.6. The highest BCUT2D eigenvalue weighted by Crippen LogP contribution is 2.44. The van der Waals surface area contributed by atoms with E-state index in [1.54, 1.807) is 13.0 Å². The monoisotopic (exact) mass is 386 g/mol. The molecule has 0 saturated carbocycles. The van der Waals surface area contributed by atoms with Crippen molar-refractivity contribution in [1.82, 2.24) is 0 Å². The van der Waals surface area contributed by atoms with Crippen molar-refractivity contribution in [3.8, 4) is 16.9 Å². The Balaban J connectivity index is 2.89. The molecular formula is C25H35FO2. The van der Waals surface area contributed by atoms with E-state index in [1.165, 1.54) is 11.6 Å². The van der Waals surface area contributed by atoms with Crippen LogP contribution in [0, 0.1) is 5.82 Å². The van der Waals surface area contributed by atoms with Crippen molar-refractivity contribution in [3.63, 3.8) is 0 Å². The second-order valence-electron chi connectivity index (χ2n) is 8.43. The first-order valence-electron chi connectivity index (χ1n) is 10.5. The summed E-state index contributed by atoms with van der Waals surface area (Å²) in [6.45, 7) is 12.6. The molecule has 2 N–H and O–H groups in total. The number of hydrogen-bond donors (Lipinski definition) is 2. The molecule has 0 aliphatic rings. The Kier molecular flexibility index (Phi) is 7.65. The Morgan fingerprint density at radius 1 is 0.929 bits per heavy atom. The summed E-state index contributed by atoms with van der Waals surface area (Å²) >= 11 is 0. The fourth-order valence-electron chi connectivity index (χ4n) is 4.15. The molecule has 0 fully saturated rings. The van der Waals surface area contributed by atoms with Gasteiger partial charge in [-0.05, 0) is 71.6 Å². The average Bonchev–Trinajstić information content (AvgIpc) is 2.60. The molecule has 0 bridgehead atoms. The van der Waals surface area contributed by atoms with E-state index < -0.39 is 11.9 Å². The van der Waals surface area contributed by atoms with Gasteiger partial charge in [0.1, 0.15) is 11.6 Å². The van der Waals surface area contributed by atoms with E-state index in [-0.39, 0.29) is 11.7 Å². The first-order chi connectivity index (χ1) is 13.2. The van der Waals surface area contributed by atoms with E-state index in [0.29, 0.717) is 11.5 Å². The minimum Gasteiger partial charge on any atom is -0.507 e. The molecule has 0 aromatic heterocycles. The Morgan fingerprint density at radius 3 is 2.11 bits per heavy atom. The lowest BCUT2D eigenvalue weighted by atomic mass is 9.78. The molecule has 0 aliphatic carbocycles. The van der Waals surface area contributed by atoms with Crippen LogP contribution in [0.2, 0.25) is 0 Å². The molecule has 3 heteroatoms. The number of rotatable bonds is 8. The minimum atomic E-state index is -0.680. The number of phenols is 1. The summed E-state index contributed by atoms with van der Waals surface area (Å²) in [5.74, 6) is 0.0182. The molecule has 2 aromatic carbocycles. The Labute approximate surface area is 169 Å². The van der Waals surface area contributed by atoms with Crippen molar-refractivity contribution < 1.29 is 14.6 Å². The van der Waals surface area contributed by atoms with Crippen LogP contribution in [0.1, 0.15) is 101 Å². The lowest BCUT2D eigenvalue weighted by molar-refractivity contribution is 0.198. The number of aromatic hydroxyl groups is 1. The fraction of sp³-hybridized carbons (Fsp3) is 0.520. The van der Waals surface area contributed by atoms with Crippen LogP contribution >= 0.6 is 0 Å². The highest BCUT2D eigenvalue weighted by Gasteiger charge is 2.26. The zero-order valence-corrected chi connectivity index (χ0v) is 18.1. The summed E-state index contributed by atoms with van der Waals surface area (Å²) in [6, 6.07) is 6.42. The Bertz CT molecular complexity index is 807. The summed E-state index contributed by atoms with van der Waals surface area (Å²) in [7, 11) is 0. The molecule has 1 atom stereocenters. The molecule has 2 nitrogen and oxygen atoms in total. The number of benzene rings is 2. The predicted molar refractivity (Wildman–Crippen MR) is 116 cm³/mol. The zero-order valence-electron chi connectivity index (χ0n) is 18.1. The lowest BCUT2D eigenvalue weighted by Crippen LogP contribution is -2.11. The lowest BCUT2D eigenvalue weighted by Gasteiger charge is -2.28. The van der Waals surface area contributed by atoms with Crippen LogP contribution in [-0.2, 0) is 6.42 Å². The maximum absolute atomic E-state index is 13.6. The van der Waals surface area contributed by atoms with Gasteiger partial charge >= 0.3 is 0 Å². The van der Waals surface area contributed by atoms with Gasteiger partial charge in [-0.2, -0.15) is 0 Å². The van der Waals surface area contributed by atoms with Crippen molar-refractivity contribution >= 4 is 0 Å². The molecule has 0 radical (unpaired) electrons. The topological polar surface area (TPSA) is 40.5 Å². The third-order valence-corrected chi connectivity index (χ3v) is 5.42. The number of aliphatic hydroxyl groups is 1. The summed E-state index contributed by atoms with van der Waals surface area (Å²) in [5, 5.41) is 21.3. The summed E-state index contributed by atoms with van der Waals surface area (Å²) < 4.78 is 13.6. The minimum absolute atomic E-state index is 0.0781. The van der Waals surface area contributed by atoms with E-state index in [2.05, 4.69) is 40.7 Å². The van der Waals surface area contributed by atoms with Gasteiger partial charge in [0.05, 0.1) is 6.10 Å². The molecule has 0 amide bonds. The average molecular weight is 387 g/mol. The van der Waals surface area contributed by atoms with Gasteiger partial charge in [0.15, 0.2) is 0 Å². The second-order valence-corrected chi connectivity index (χ2v) is 8.43. The van der Waals surface area contributed by atoms with Crippen molar-refractivity contribution in [2.75, 3.05) is 0 Å². The third-order valence-electron chi connectivity index (χ3n) is 5.42. The fourth-order valence-corrected chi connectivity index (χ4v) is 4.15. The van der Waals surface area contributed by atoms with Crippen molar-refractivity contribution in [1.29, 1.82) is 0 Å². The van der Waals surface area contributed by atoms with Crippen molar-refractivity contribution in [3.05, 3.63) is 52.3 Å². The van der Waals surface area contributed by atoms with Crippen LogP contribution in [0.3, 0.4) is 0 Å². The molecule has 154 valence electrons. The number of hydrogen-bond acceptors (Lipinski definition) is 2. The molecule has 0 saturated heterocycles. The highest BCUT2D eigenvalue weighted by atomic mass is 19.1. The number of unbranched alkanes of at least 4 members (excludes halogenated alkanes) is 2. The van der Waals surface area contributed by atoms with Gasteiger partial charge in [0, 0.05) is 11.6 Å². The molecule has 0 spiro atoms. The summed E-state index contributed by atoms with van der Waals surface area (Å²) in [6.07, 6.45) is 3.49. The normalized spacial score (nSPS) is 12.8. The number of halogens is 1. The van der Waals surface area contributed by atoms with Gasteiger partial charge in [-0.1, -0.05) is 53.5 Å². The van der Waals surface area contributed by atoms with Crippen LogP contribution < -0.4 is 0 Å². The van der Waals surface area contributed by atoms with Crippen LogP contribution in [0.5, 0.6) is 5.75 Å². The van der Waals surface area contributed by atoms with Crippen molar-refractivity contribution in [2.45, 2.75) is 85.2 Å². The SMILES string of the molecule is CCCCCc1cc(C(C)C)c(C(C)C)c(C(C)O)c1-c1ccc(F)cc1O. The van der Waals surface area contributed by atoms with Crippen molar-refractivity contribution in [2.24, 2.45) is 0 Å². The molecular weight excluding hydrogens is 351 g/mol. The third kappa shape index (κ3) is 4.75. The first kappa shape index (κ1) is 22.4. The zero-order chi connectivity index (χ0) is 21.0. The van der Waals surface area contributed by atoms with Crippen LogP contribution in [-0.4, -0.2) is 10.2 Å². The van der Waals surface area contributed by atoms with Crippen LogP contribution in [0.4, 0.5) is 4.39 Å². The highest BCUT2D eigenvalue weighted by molar-refractivity contribution is 5.79. The van der Waals surface area contributed by atoms with E-state index in [4.69, 9.17) is 0 Å². The summed E-state index contributed by atoms with van der Waals surface area (Å²) in [4.78, 5) is 0. The van der Waals surface area contributed by atoms with Gasteiger partial charge in [-0.15, -0.1) is 0 Å². The van der Waals surface area contributed by atoms with Gasteiger partial charge < -0.3 is 10.2 Å². The molecule has 28 heavy (non-hydrogen) atoms. The Hall–Kier alpha value is -1.87. The largest absolute Gasteiger partial charge is 0.507 e. The quantitative estimate of drug-likeness (QED) is 0.470. The molecule has 0 heterocycles. The van der Waals surface area contributed by atoms with E-state index in [9.17, 15) is 14.6 Å². The molecule has 0 aliphatic heterocycles. The van der Waals surface area contributed by atoms with Gasteiger partial charge in [0.25, 0.3) is 0 Å². The van der Waals surface area contributed by atoms with E-state index in [1.807, 2.05) is 0 Å². The van der Waals surface area contributed by atoms with E-state index >= 15 is 0 Å². The number of phenolic OH excluding ortho intramolecular Hbond substituents is 1. The maximum Gasteiger partial charge on any atom is 0.126 e. The van der Waals surface area contributed by atoms with Crippen LogP contribution in [0.25, 0.3) is 11.1 Å². The van der Waals surface area contributed by atoms with Gasteiger partial charge in [-0.3, -0.25) is 0 Å². The number of aliphatic hydroxyl groups excluding tert-OH is 1. The van der Waals surface area contributed by atoms with E-state index in [0.717, 1.165) is 54.0 Å². The Morgan fingerprint density at radius 2 is 1.61 bits per heavy atom. The molecule has 1 unspecified atom stereocenters. The van der Waals surface area contributed by atoms with Crippen LogP contribution in [0.15, 0.2) is 24.3 Å². The molecule has 2 aromatic rings.